The van der Waals surface area contributed by atoms with Gasteiger partial charge in [0.15, 0.2) is 5.11 Å². The van der Waals surface area contributed by atoms with Crippen molar-refractivity contribution in [2.45, 2.75) is 38.1 Å². The van der Waals surface area contributed by atoms with Gasteiger partial charge in [0.2, 0.25) is 0 Å². The topological polar surface area (TPSA) is 58.6 Å². The number of rotatable bonds is 4. The second-order valence-corrected chi connectivity index (χ2v) is 9.05. The highest BCUT2D eigenvalue weighted by molar-refractivity contribution is 7.87. The van der Waals surface area contributed by atoms with E-state index in [-0.39, 0.29) is 16.2 Å². The molecule has 0 bridgehead atoms. The number of aryl methyl sites for hydroxylation is 1. The van der Waals surface area contributed by atoms with Crippen molar-refractivity contribution in [3.8, 4) is 5.75 Å². The van der Waals surface area contributed by atoms with Gasteiger partial charge in [-0.2, -0.15) is 8.42 Å². The third-order valence-corrected chi connectivity index (χ3v) is 5.69. The molecule has 1 heterocycles. The average molecular weight is 403 g/mol. The maximum atomic E-state index is 12.5. The summed E-state index contributed by atoms with van der Waals surface area (Å²) < 4.78 is 30.4. The molecule has 5 nitrogen and oxygen atoms in total. The highest BCUT2D eigenvalue weighted by Gasteiger charge is 2.28. The van der Waals surface area contributed by atoms with Crippen molar-refractivity contribution in [3.63, 3.8) is 0 Å². The minimum atomic E-state index is -3.90. The molecule has 0 unspecified atom stereocenters. The summed E-state index contributed by atoms with van der Waals surface area (Å²) in [5.74, 6) is 0.230. The molecule has 0 radical (unpaired) electrons. The molecule has 142 valence electrons. The molecule has 2 aromatic carbocycles. The number of anilines is 1. The Labute approximate surface area is 165 Å². The average Bonchev–Trinajstić information content (AvgIpc) is 2.53. The standard InChI is InChI=1S/C20H22N2O3S2/c1-14-8-10-18(11-9-14)27(23,24)25-17-7-5-6-16(12-17)22-15(2)13-20(3,4)21-19(22)26/h5-13H,1-4H3,(H,21,26). The van der Waals surface area contributed by atoms with Crippen LogP contribution in [-0.4, -0.2) is 19.1 Å². The fourth-order valence-electron chi connectivity index (χ4n) is 2.99. The zero-order valence-corrected chi connectivity index (χ0v) is 17.3. The van der Waals surface area contributed by atoms with Crippen molar-refractivity contribution >= 4 is 33.1 Å². The molecular formula is C20H22N2O3S2. The Morgan fingerprint density at radius 3 is 2.37 bits per heavy atom. The molecule has 7 heteroatoms. The van der Waals surface area contributed by atoms with Crippen LogP contribution in [0, 0.1) is 6.92 Å². The van der Waals surface area contributed by atoms with Crippen molar-refractivity contribution in [2.24, 2.45) is 0 Å². The molecule has 0 aromatic heterocycles. The summed E-state index contributed by atoms with van der Waals surface area (Å²) >= 11 is 5.49. The van der Waals surface area contributed by atoms with Crippen LogP contribution in [0.1, 0.15) is 26.3 Å². The predicted octanol–water partition coefficient (Wildman–Crippen LogP) is 4.14. The molecule has 0 aliphatic carbocycles. The third-order valence-electron chi connectivity index (χ3n) is 4.15. The molecule has 0 spiro atoms. The Hall–Kier alpha value is -2.38. The van der Waals surface area contributed by atoms with Crippen LogP contribution in [0.5, 0.6) is 5.75 Å². The van der Waals surface area contributed by atoms with Crippen LogP contribution in [0.4, 0.5) is 5.69 Å². The molecule has 1 aliphatic rings. The fourth-order valence-corrected chi connectivity index (χ4v) is 4.42. The van der Waals surface area contributed by atoms with Crippen LogP contribution < -0.4 is 14.4 Å². The van der Waals surface area contributed by atoms with E-state index in [1.54, 1.807) is 30.3 Å². The molecule has 0 amide bonds. The van der Waals surface area contributed by atoms with E-state index in [9.17, 15) is 8.42 Å². The quantitative estimate of drug-likeness (QED) is 0.613. The van der Waals surface area contributed by atoms with E-state index in [1.165, 1.54) is 12.1 Å². The van der Waals surface area contributed by atoms with E-state index in [0.29, 0.717) is 5.11 Å². The number of allylic oxidation sites excluding steroid dienone is 1. The van der Waals surface area contributed by atoms with E-state index in [0.717, 1.165) is 16.9 Å². The van der Waals surface area contributed by atoms with Gasteiger partial charge in [0.1, 0.15) is 10.6 Å². The smallest absolute Gasteiger partial charge is 0.339 e. The maximum absolute atomic E-state index is 12.5. The summed E-state index contributed by atoms with van der Waals surface area (Å²) in [5, 5.41) is 3.81. The predicted molar refractivity (Wildman–Crippen MR) is 111 cm³/mol. The Balaban J connectivity index is 1.90. The summed E-state index contributed by atoms with van der Waals surface area (Å²) in [5.41, 5.74) is 2.43. The number of hydrogen-bond acceptors (Lipinski definition) is 4. The van der Waals surface area contributed by atoms with Gasteiger partial charge in [-0.15, -0.1) is 0 Å². The molecule has 0 saturated carbocycles. The summed E-state index contributed by atoms with van der Waals surface area (Å²) in [4.78, 5) is 1.97. The van der Waals surface area contributed by atoms with Gasteiger partial charge >= 0.3 is 10.1 Å². The first-order chi connectivity index (χ1) is 12.6. The normalized spacial score (nSPS) is 16.5. The second-order valence-electron chi connectivity index (χ2n) is 7.12. The molecule has 1 N–H and O–H groups in total. The molecule has 1 aliphatic heterocycles. The first-order valence-electron chi connectivity index (χ1n) is 8.50. The first-order valence-corrected chi connectivity index (χ1v) is 10.3. The largest absolute Gasteiger partial charge is 0.379 e. The van der Waals surface area contributed by atoms with Gasteiger partial charge in [0.25, 0.3) is 0 Å². The van der Waals surface area contributed by atoms with Gasteiger partial charge in [0, 0.05) is 11.8 Å². The summed E-state index contributed by atoms with van der Waals surface area (Å²) in [6.45, 7) is 7.93. The van der Waals surface area contributed by atoms with E-state index in [2.05, 4.69) is 11.4 Å². The van der Waals surface area contributed by atoms with E-state index < -0.39 is 10.1 Å². The summed E-state index contributed by atoms with van der Waals surface area (Å²) in [6.07, 6.45) is 2.07. The number of nitrogens with one attached hydrogen (secondary N) is 1. The van der Waals surface area contributed by atoms with Crippen molar-refractivity contribution in [3.05, 3.63) is 65.9 Å². The van der Waals surface area contributed by atoms with Gasteiger partial charge in [0.05, 0.1) is 11.2 Å². The van der Waals surface area contributed by atoms with Crippen LogP contribution in [0.3, 0.4) is 0 Å². The van der Waals surface area contributed by atoms with Gasteiger partial charge in [-0.3, -0.25) is 4.90 Å². The molecule has 2 aromatic rings. The summed E-state index contributed by atoms with van der Waals surface area (Å²) in [6, 6.07) is 13.4. The van der Waals surface area contributed by atoms with E-state index in [4.69, 9.17) is 16.4 Å². The number of nitrogens with zero attached hydrogens (tertiary/aromatic N) is 1. The third kappa shape index (κ3) is 4.31. The lowest BCUT2D eigenvalue weighted by Crippen LogP contribution is -2.53. The Morgan fingerprint density at radius 1 is 1.07 bits per heavy atom. The highest BCUT2D eigenvalue weighted by atomic mass is 32.2. The number of thiocarbonyl (C=S) groups is 1. The second kappa shape index (κ2) is 6.98. The van der Waals surface area contributed by atoms with Crippen LogP contribution in [0.15, 0.2) is 65.2 Å². The van der Waals surface area contributed by atoms with Crippen molar-refractivity contribution in [1.29, 1.82) is 0 Å². The lowest BCUT2D eigenvalue weighted by molar-refractivity contribution is 0.486. The van der Waals surface area contributed by atoms with Crippen LogP contribution in [0.25, 0.3) is 0 Å². The first kappa shape index (κ1) is 19.4. The van der Waals surface area contributed by atoms with E-state index in [1.807, 2.05) is 38.7 Å². The molecule has 0 atom stereocenters. The summed E-state index contributed by atoms with van der Waals surface area (Å²) in [7, 11) is -3.90. The van der Waals surface area contributed by atoms with Crippen molar-refractivity contribution in [1.82, 2.24) is 5.32 Å². The molecular weight excluding hydrogens is 380 g/mol. The van der Waals surface area contributed by atoms with Crippen molar-refractivity contribution < 1.29 is 12.6 Å². The number of benzene rings is 2. The Morgan fingerprint density at radius 2 is 1.74 bits per heavy atom. The van der Waals surface area contributed by atoms with E-state index >= 15 is 0 Å². The minimum Gasteiger partial charge on any atom is -0.379 e. The fraction of sp³-hybridized carbons (Fsp3) is 0.250. The lowest BCUT2D eigenvalue weighted by Gasteiger charge is -2.38. The van der Waals surface area contributed by atoms with Gasteiger partial charge in [-0.1, -0.05) is 23.8 Å². The molecule has 27 heavy (non-hydrogen) atoms. The Bertz CT molecular complexity index is 1010. The van der Waals surface area contributed by atoms with Crippen molar-refractivity contribution in [2.75, 3.05) is 4.90 Å². The zero-order chi connectivity index (χ0) is 19.8. The maximum Gasteiger partial charge on any atom is 0.339 e. The number of hydrogen-bond donors (Lipinski definition) is 1. The highest BCUT2D eigenvalue weighted by Crippen LogP contribution is 2.29. The SMILES string of the molecule is CC1=CC(C)(C)NC(=S)N1c1cccc(OS(=O)(=O)c2ccc(C)cc2)c1. The van der Waals surface area contributed by atoms with Gasteiger partial charge < -0.3 is 9.50 Å². The Kier molecular flexibility index (Phi) is 5.01. The molecule has 0 saturated heterocycles. The van der Waals surface area contributed by atoms with Gasteiger partial charge in [-0.05, 0) is 70.3 Å². The van der Waals surface area contributed by atoms with Crippen LogP contribution >= 0.6 is 12.2 Å². The van der Waals surface area contributed by atoms with Crippen LogP contribution in [0.2, 0.25) is 0 Å². The minimum absolute atomic E-state index is 0.117. The zero-order valence-electron chi connectivity index (χ0n) is 15.7. The van der Waals surface area contributed by atoms with Crippen LogP contribution in [-0.2, 0) is 10.1 Å². The lowest BCUT2D eigenvalue weighted by atomic mass is 10.0. The molecule has 3 rings (SSSR count). The van der Waals surface area contributed by atoms with Gasteiger partial charge in [-0.25, -0.2) is 0 Å². The molecule has 0 fully saturated rings. The monoisotopic (exact) mass is 402 g/mol.